The summed E-state index contributed by atoms with van der Waals surface area (Å²) < 4.78 is 25.5. The van der Waals surface area contributed by atoms with E-state index in [0.717, 1.165) is 4.31 Å². The van der Waals surface area contributed by atoms with Crippen molar-refractivity contribution in [2.24, 2.45) is 0 Å². The average Bonchev–Trinajstić information content (AvgIpc) is 2.37. The summed E-state index contributed by atoms with van der Waals surface area (Å²) in [5.41, 5.74) is 0.552. The zero-order valence-electron chi connectivity index (χ0n) is 10.4. The Labute approximate surface area is 118 Å². The summed E-state index contributed by atoms with van der Waals surface area (Å²) in [6, 6.07) is 3.16. The van der Waals surface area contributed by atoms with E-state index in [0.29, 0.717) is 10.7 Å². The lowest BCUT2D eigenvalue weighted by molar-refractivity contribution is 0.481. The van der Waals surface area contributed by atoms with Crippen molar-refractivity contribution in [2.45, 2.75) is 12.7 Å². The van der Waals surface area contributed by atoms with Gasteiger partial charge in [0.25, 0.3) is 0 Å². The minimum absolute atomic E-state index is 0.00195. The van der Waals surface area contributed by atoms with Crippen LogP contribution in [0.3, 0.4) is 0 Å². The fraction of sp³-hybridized carbons (Fsp3) is 0.308. The summed E-state index contributed by atoms with van der Waals surface area (Å²) in [6.45, 7) is 1.73. The first-order chi connectivity index (χ1) is 8.99. The first kappa shape index (κ1) is 15.5. The van der Waals surface area contributed by atoms with Crippen molar-refractivity contribution >= 4 is 21.6 Å². The molecule has 1 heterocycles. The molecule has 4 nitrogen and oxygen atoms in total. The van der Waals surface area contributed by atoms with E-state index in [1.807, 2.05) is 0 Å². The van der Waals surface area contributed by atoms with Gasteiger partial charge >= 0.3 is 0 Å². The molecule has 0 spiro atoms. The van der Waals surface area contributed by atoms with Crippen molar-refractivity contribution in [1.82, 2.24) is 9.29 Å². The van der Waals surface area contributed by atoms with Crippen LogP contribution in [0.1, 0.15) is 12.5 Å². The monoisotopic (exact) mass is 296 g/mol. The lowest BCUT2D eigenvalue weighted by atomic mass is 10.3. The lowest BCUT2D eigenvalue weighted by Crippen LogP contribution is -2.33. The molecule has 100 valence electrons. The Morgan fingerprint density at radius 2 is 2.16 bits per heavy atom. The summed E-state index contributed by atoms with van der Waals surface area (Å²) in [6.07, 6.45) is 6.61. The first-order valence-electron chi connectivity index (χ1n) is 5.41. The van der Waals surface area contributed by atoms with Crippen LogP contribution >= 0.6 is 11.6 Å². The summed E-state index contributed by atoms with van der Waals surface area (Å²) >= 11 is 5.65. The topological polar surface area (TPSA) is 50.3 Å². The highest BCUT2D eigenvalue weighted by Crippen LogP contribution is 2.12. The molecule has 0 saturated heterocycles. The van der Waals surface area contributed by atoms with E-state index in [1.165, 1.54) is 6.20 Å². The van der Waals surface area contributed by atoms with E-state index >= 15 is 0 Å². The minimum Gasteiger partial charge on any atom is -0.244 e. The number of nitrogens with zero attached hydrogens (tertiary/aromatic N) is 2. The van der Waals surface area contributed by atoms with Crippen LogP contribution < -0.4 is 0 Å². The third-order valence-corrected chi connectivity index (χ3v) is 4.20. The largest absolute Gasteiger partial charge is 0.244 e. The van der Waals surface area contributed by atoms with Gasteiger partial charge in [-0.05, 0) is 18.6 Å². The molecular weight excluding hydrogens is 284 g/mol. The van der Waals surface area contributed by atoms with Crippen LogP contribution in [0.2, 0.25) is 5.15 Å². The SMILES string of the molecule is C#CCN(CC#CC)S(=O)(=O)Cc1ccc(Cl)nc1. The zero-order chi connectivity index (χ0) is 14.3. The normalized spacial score (nSPS) is 10.6. The maximum atomic E-state index is 12.2. The predicted molar refractivity (Wildman–Crippen MR) is 75.7 cm³/mol. The van der Waals surface area contributed by atoms with Crippen LogP contribution in [0.25, 0.3) is 0 Å². The highest BCUT2D eigenvalue weighted by molar-refractivity contribution is 7.88. The number of halogens is 1. The molecule has 1 aromatic heterocycles. The molecule has 0 aliphatic carbocycles. The van der Waals surface area contributed by atoms with Gasteiger partial charge in [-0.3, -0.25) is 0 Å². The fourth-order valence-corrected chi connectivity index (χ4v) is 2.73. The second kappa shape index (κ2) is 7.16. The van der Waals surface area contributed by atoms with E-state index in [-0.39, 0.29) is 18.8 Å². The van der Waals surface area contributed by atoms with Gasteiger partial charge in [0.05, 0.1) is 18.8 Å². The molecule has 0 atom stereocenters. The quantitative estimate of drug-likeness (QED) is 0.611. The van der Waals surface area contributed by atoms with Crippen molar-refractivity contribution < 1.29 is 8.42 Å². The Bertz CT molecular complexity index is 621. The van der Waals surface area contributed by atoms with Gasteiger partial charge in [-0.2, -0.15) is 4.31 Å². The van der Waals surface area contributed by atoms with Gasteiger partial charge in [-0.1, -0.05) is 29.5 Å². The van der Waals surface area contributed by atoms with Crippen molar-refractivity contribution in [3.63, 3.8) is 0 Å². The molecule has 0 fully saturated rings. The van der Waals surface area contributed by atoms with Gasteiger partial charge in [0, 0.05) is 6.20 Å². The van der Waals surface area contributed by atoms with Crippen molar-refractivity contribution in [3.8, 4) is 24.2 Å². The molecule has 0 aliphatic heterocycles. The summed E-state index contributed by atoms with van der Waals surface area (Å²) in [4.78, 5) is 3.84. The number of hydrogen-bond donors (Lipinski definition) is 0. The van der Waals surface area contributed by atoms with Gasteiger partial charge < -0.3 is 0 Å². The Morgan fingerprint density at radius 3 is 2.68 bits per heavy atom. The Morgan fingerprint density at radius 1 is 1.42 bits per heavy atom. The standard InChI is InChI=1S/C13H13ClN2O2S/c1-3-5-9-16(8-4-2)19(17,18)11-12-6-7-13(14)15-10-12/h2,6-7,10H,8-9,11H2,1H3. The van der Waals surface area contributed by atoms with E-state index in [9.17, 15) is 8.42 Å². The molecule has 0 aromatic carbocycles. The number of pyridine rings is 1. The summed E-state index contributed by atoms with van der Waals surface area (Å²) in [7, 11) is -3.52. The number of hydrogen-bond acceptors (Lipinski definition) is 3. The third kappa shape index (κ3) is 4.92. The number of terminal acetylenes is 1. The third-order valence-electron chi connectivity index (χ3n) is 2.23. The highest BCUT2D eigenvalue weighted by atomic mass is 35.5. The van der Waals surface area contributed by atoms with Crippen LogP contribution in [0.5, 0.6) is 0 Å². The first-order valence-corrected chi connectivity index (χ1v) is 7.39. The van der Waals surface area contributed by atoms with E-state index in [1.54, 1.807) is 19.1 Å². The molecular formula is C13H13ClN2O2S. The fourth-order valence-electron chi connectivity index (χ4n) is 1.32. The molecule has 1 rings (SSSR count). The van der Waals surface area contributed by atoms with Crippen molar-refractivity contribution in [2.75, 3.05) is 13.1 Å². The Hall–Kier alpha value is -1.53. The highest BCUT2D eigenvalue weighted by Gasteiger charge is 2.21. The van der Waals surface area contributed by atoms with E-state index in [4.69, 9.17) is 18.0 Å². The van der Waals surface area contributed by atoms with Crippen LogP contribution in [-0.2, 0) is 15.8 Å². The van der Waals surface area contributed by atoms with Gasteiger partial charge in [0.15, 0.2) is 0 Å². The molecule has 19 heavy (non-hydrogen) atoms. The number of aromatic nitrogens is 1. The molecule has 0 saturated carbocycles. The van der Waals surface area contributed by atoms with E-state index < -0.39 is 10.0 Å². The lowest BCUT2D eigenvalue weighted by Gasteiger charge is -2.17. The number of sulfonamides is 1. The second-order valence-electron chi connectivity index (χ2n) is 3.64. The molecule has 0 amide bonds. The van der Waals surface area contributed by atoms with Crippen LogP contribution in [0.15, 0.2) is 18.3 Å². The molecule has 0 aliphatic rings. The van der Waals surface area contributed by atoms with Gasteiger partial charge in [0.2, 0.25) is 10.0 Å². The van der Waals surface area contributed by atoms with Crippen LogP contribution in [-0.4, -0.2) is 30.8 Å². The molecule has 6 heteroatoms. The molecule has 1 aromatic rings. The molecule has 0 unspecified atom stereocenters. The molecule has 0 bridgehead atoms. The average molecular weight is 297 g/mol. The summed E-state index contributed by atoms with van der Waals surface area (Å²) in [5.74, 6) is 7.49. The number of rotatable bonds is 5. The van der Waals surface area contributed by atoms with Gasteiger partial charge in [-0.25, -0.2) is 13.4 Å². The van der Waals surface area contributed by atoms with Crippen LogP contribution in [0.4, 0.5) is 0 Å². The van der Waals surface area contributed by atoms with E-state index in [2.05, 4.69) is 22.7 Å². The minimum atomic E-state index is -3.52. The Balaban J connectivity index is 2.90. The van der Waals surface area contributed by atoms with Crippen molar-refractivity contribution in [1.29, 1.82) is 0 Å². The Kier molecular flexibility index (Phi) is 5.85. The smallest absolute Gasteiger partial charge is 0.220 e. The predicted octanol–water partition coefficient (Wildman–Crippen LogP) is 1.52. The maximum Gasteiger partial charge on any atom is 0.220 e. The van der Waals surface area contributed by atoms with Gasteiger partial charge in [-0.15, -0.1) is 12.3 Å². The second-order valence-corrected chi connectivity index (χ2v) is 6.00. The van der Waals surface area contributed by atoms with Gasteiger partial charge in [0.1, 0.15) is 5.15 Å². The summed E-state index contributed by atoms with van der Waals surface area (Å²) in [5, 5.41) is 0.318. The molecule has 0 N–H and O–H groups in total. The zero-order valence-corrected chi connectivity index (χ0v) is 12.0. The van der Waals surface area contributed by atoms with Crippen molar-refractivity contribution in [3.05, 3.63) is 29.0 Å². The molecule has 0 radical (unpaired) electrons. The van der Waals surface area contributed by atoms with Crippen LogP contribution in [0, 0.1) is 24.2 Å². The maximum absolute atomic E-state index is 12.2.